The number of aliphatic hydroxyl groups excluding tert-OH is 1. The molecule has 1 heterocycles. The molecule has 1 aliphatic carbocycles. The highest BCUT2D eigenvalue weighted by atomic mass is 32.2. The van der Waals surface area contributed by atoms with Crippen molar-refractivity contribution in [2.75, 3.05) is 32.4 Å². The summed E-state index contributed by atoms with van der Waals surface area (Å²) in [5.41, 5.74) is 0. The second-order valence-electron chi connectivity index (χ2n) is 6.04. The lowest BCUT2D eigenvalue weighted by Gasteiger charge is -2.39. The SMILES string of the molecule is C[C@H](NS(C)(=O)=O)C(=O)N1CCN([C@H]2CCC[C@@H]2O)CC1. The van der Waals surface area contributed by atoms with Gasteiger partial charge in [-0.3, -0.25) is 9.69 Å². The first-order valence-corrected chi connectivity index (χ1v) is 9.35. The van der Waals surface area contributed by atoms with Crippen LogP contribution in [0.3, 0.4) is 0 Å². The number of nitrogens with one attached hydrogen (secondary N) is 1. The summed E-state index contributed by atoms with van der Waals surface area (Å²) in [4.78, 5) is 16.1. The molecular weight excluding hydrogens is 294 g/mol. The number of aliphatic hydroxyl groups is 1. The third-order valence-corrected chi connectivity index (χ3v) is 5.08. The molecule has 0 aromatic heterocycles. The number of carbonyl (C=O) groups is 1. The quantitative estimate of drug-likeness (QED) is 0.692. The Labute approximate surface area is 126 Å². The Morgan fingerprint density at radius 2 is 1.86 bits per heavy atom. The van der Waals surface area contributed by atoms with Crippen LogP contribution < -0.4 is 4.72 Å². The van der Waals surface area contributed by atoms with Crippen molar-refractivity contribution in [3.8, 4) is 0 Å². The monoisotopic (exact) mass is 319 g/mol. The van der Waals surface area contributed by atoms with E-state index in [0.29, 0.717) is 13.1 Å². The van der Waals surface area contributed by atoms with Gasteiger partial charge in [0.1, 0.15) is 0 Å². The zero-order valence-corrected chi connectivity index (χ0v) is 13.5. The summed E-state index contributed by atoms with van der Waals surface area (Å²) in [6.45, 7) is 4.20. The van der Waals surface area contributed by atoms with Gasteiger partial charge in [-0.2, -0.15) is 0 Å². The van der Waals surface area contributed by atoms with Crippen molar-refractivity contribution < 1.29 is 18.3 Å². The highest BCUT2D eigenvalue weighted by molar-refractivity contribution is 7.88. The third-order valence-electron chi connectivity index (χ3n) is 4.30. The van der Waals surface area contributed by atoms with E-state index in [1.807, 2.05) is 0 Å². The van der Waals surface area contributed by atoms with E-state index >= 15 is 0 Å². The average Bonchev–Trinajstić information content (AvgIpc) is 2.82. The second kappa shape index (κ2) is 6.60. The van der Waals surface area contributed by atoms with Crippen molar-refractivity contribution in [1.29, 1.82) is 0 Å². The summed E-state index contributed by atoms with van der Waals surface area (Å²) in [6.07, 6.45) is 3.73. The molecule has 0 bridgehead atoms. The fraction of sp³-hybridized carbons (Fsp3) is 0.923. The summed E-state index contributed by atoms with van der Waals surface area (Å²) >= 11 is 0. The molecule has 2 rings (SSSR count). The standard InChI is InChI=1S/C13H25N3O4S/c1-10(14-21(2,19)20)13(18)16-8-6-15(7-9-16)11-4-3-5-12(11)17/h10-12,14,17H,3-9H2,1-2H3/t10-,11-,12-/m0/s1. The van der Waals surface area contributed by atoms with E-state index in [9.17, 15) is 18.3 Å². The van der Waals surface area contributed by atoms with Crippen molar-refractivity contribution in [3.05, 3.63) is 0 Å². The molecule has 7 nitrogen and oxygen atoms in total. The minimum absolute atomic E-state index is 0.188. The Kier molecular flexibility index (Phi) is 5.24. The molecule has 1 aliphatic heterocycles. The van der Waals surface area contributed by atoms with Crippen LogP contribution in [0.5, 0.6) is 0 Å². The van der Waals surface area contributed by atoms with Crippen molar-refractivity contribution in [2.45, 2.75) is 44.4 Å². The van der Waals surface area contributed by atoms with E-state index in [1.54, 1.807) is 11.8 Å². The minimum Gasteiger partial charge on any atom is -0.391 e. The fourth-order valence-electron chi connectivity index (χ4n) is 3.27. The molecule has 2 aliphatic rings. The predicted octanol–water partition coefficient (Wildman–Crippen LogP) is -1.02. The van der Waals surface area contributed by atoms with Crippen molar-refractivity contribution in [2.24, 2.45) is 0 Å². The number of rotatable bonds is 4. The van der Waals surface area contributed by atoms with Crippen LogP contribution in [0.1, 0.15) is 26.2 Å². The van der Waals surface area contributed by atoms with Gasteiger partial charge in [-0.25, -0.2) is 13.1 Å². The number of amides is 1. The highest BCUT2D eigenvalue weighted by Crippen LogP contribution is 2.25. The summed E-state index contributed by atoms with van der Waals surface area (Å²) < 4.78 is 24.7. The lowest BCUT2D eigenvalue weighted by atomic mass is 10.1. The molecule has 3 atom stereocenters. The molecule has 0 unspecified atom stereocenters. The van der Waals surface area contributed by atoms with Gasteiger partial charge in [-0.15, -0.1) is 0 Å². The van der Waals surface area contributed by atoms with Gasteiger partial charge in [0, 0.05) is 32.2 Å². The molecule has 122 valence electrons. The molecule has 1 saturated heterocycles. The normalized spacial score (nSPS) is 29.6. The maximum atomic E-state index is 12.2. The number of piperazine rings is 1. The molecule has 1 saturated carbocycles. The summed E-state index contributed by atoms with van der Waals surface area (Å²) in [7, 11) is -3.38. The van der Waals surface area contributed by atoms with Gasteiger partial charge in [0.05, 0.1) is 18.4 Å². The Hall–Kier alpha value is -0.700. The predicted molar refractivity (Wildman–Crippen MR) is 79.2 cm³/mol. The van der Waals surface area contributed by atoms with E-state index in [4.69, 9.17) is 0 Å². The van der Waals surface area contributed by atoms with Crippen LogP contribution in [0.15, 0.2) is 0 Å². The van der Waals surface area contributed by atoms with Crippen LogP contribution in [0, 0.1) is 0 Å². The van der Waals surface area contributed by atoms with Crippen molar-refractivity contribution in [3.63, 3.8) is 0 Å². The molecule has 8 heteroatoms. The minimum atomic E-state index is -3.38. The fourth-order valence-corrected chi connectivity index (χ4v) is 4.01. The first kappa shape index (κ1) is 16.7. The van der Waals surface area contributed by atoms with Crippen LogP contribution in [0.4, 0.5) is 0 Å². The lowest BCUT2D eigenvalue weighted by Crippen LogP contribution is -2.56. The zero-order chi connectivity index (χ0) is 15.6. The summed E-state index contributed by atoms with van der Waals surface area (Å²) in [5, 5.41) is 9.93. The third kappa shape index (κ3) is 4.38. The number of sulfonamides is 1. The Bertz CT molecular complexity index is 474. The Balaban J connectivity index is 1.84. The Morgan fingerprint density at radius 1 is 1.24 bits per heavy atom. The van der Waals surface area contributed by atoms with E-state index in [1.165, 1.54) is 0 Å². The van der Waals surface area contributed by atoms with Crippen LogP contribution >= 0.6 is 0 Å². The summed E-state index contributed by atoms with van der Waals surface area (Å²) in [5.74, 6) is -0.188. The smallest absolute Gasteiger partial charge is 0.240 e. The number of nitrogens with zero attached hydrogens (tertiary/aromatic N) is 2. The molecular formula is C13H25N3O4S. The van der Waals surface area contributed by atoms with Crippen LogP contribution in [0.25, 0.3) is 0 Å². The van der Waals surface area contributed by atoms with Crippen LogP contribution in [-0.2, 0) is 14.8 Å². The van der Waals surface area contributed by atoms with Gasteiger partial charge in [-0.1, -0.05) is 0 Å². The van der Waals surface area contributed by atoms with Gasteiger partial charge < -0.3 is 10.0 Å². The first-order chi connectivity index (χ1) is 9.78. The van der Waals surface area contributed by atoms with E-state index < -0.39 is 16.1 Å². The number of hydrogen-bond acceptors (Lipinski definition) is 5. The van der Waals surface area contributed by atoms with E-state index in [-0.39, 0.29) is 18.1 Å². The molecule has 0 radical (unpaired) electrons. The maximum Gasteiger partial charge on any atom is 0.240 e. The molecule has 21 heavy (non-hydrogen) atoms. The van der Waals surface area contributed by atoms with Gasteiger partial charge >= 0.3 is 0 Å². The van der Waals surface area contributed by atoms with Gasteiger partial charge in [-0.05, 0) is 26.2 Å². The summed E-state index contributed by atoms with van der Waals surface area (Å²) in [6, 6.07) is -0.516. The number of hydrogen-bond donors (Lipinski definition) is 2. The number of carbonyl (C=O) groups excluding carboxylic acids is 1. The largest absolute Gasteiger partial charge is 0.391 e. The van der Waals surface area contributed by atoms with Crippen LogP contribution in [0.2, 0.25) is 0 Å². The maximum absolute atomic E-state index is 12.2. The average molecular weight is 319 g/mol. The molecule has 0 spiro atoms. The second-order valence-corrected chi connectivity index (χ2v) is 7.82. The molecule has 2 fully saturated rings. The first-order valence-electron chi connectivity index (χ1n) is 7.46. The highest BCUT2D eigenvalue weighted by Gasteiger charge is 2.34. The molecule has 2 N–H and O–H groups in total. The topological polar surface area (TPSA) is 90.0 Å². The van der Waals surface area contributed by atoms with Gasteiger partial charge in [0.2, 0.25) is 15.9 Å². The Morgan fingerprint density at radius 3 is 2.33 bits per heavy atom. The van der Waals surface area contributed by atoms with E-state index in [0.717, 1.165) is 38.6 Å². The van der Waals surface area contributed by atoms with Crippen molar-refractivity contribution in [1.82, 2.24) is 14.5 Å². The van der Waals surface area contributed by atoms with Crippen LogP contribution in [-0.4, -0.2) is 79.9 Å². The molecule has 0 aromatic carbocycles. The van der Waals surface area contributed by atoms with Gasteiger partial charge in [0.15, 0.2) is 0 Å². The zero-order valence-electron chi connectivity index (χ0n) is 12.7. The van der Waals surface area contributed by atoms with Crippen molar-refractivity contribution >= 4 is 15.9 Å². The lowest BCUT2D eigenvalue weighted by molar-refractivity contribution is -0.134. The molecule has 1 amide bonds. The van der Waals surface area contributed by atoms with Gasteiger partial charge in [0.25, 0.3) is 0 Å². The molecule has 0 aromatic rings. The van der Waals surface area contributed by atoms with E-state index in [2.05, 4.69) is 9.62 Å².